The fraction of sp³-hybridized carbons (Fsp3) is 0.267. The second kappa shape index (κ2) is 7.25. The van der Waals surface area contributed by atoms with Gasteiger partial charge in [-0.15, -0.1) is 22.7 Å². The van der Waals surface area contributed by atoms with Crippen LogP contribution in [0.15, 0.2) is 29.6 Å². The Morgan fingerprint density at radius 2 is 2.30 bits per heavy atom. The van der Waals surface area contributed by atoms with Gasteiger partial charge in [0.05, 0.1) is 22.4 Å². The molecule has 0 aliphatic heterocycles. The monoisotopic (exact) mass is 305 g/mol. The van der Waals surface area contributed by atoms with Crippen molar-refractivity contribution in [3.05, 3.63) is 44.3 Å². The fourth-order valence-corrected chi connectivity index (χ4v) is 3.13. The highest BCUT2D eigenvalue weighted by Crippen LogP contribution is 2.20. The molecule has 1 atom stereocenters. The molecule has 0 spiro atoms. The number of hydrogen-bond acceptors (Lipinski definition) is 4. The summed E-state index contributed by atoms with van der Waals surface area (Å²) in [6.45, 7) is 2.03. The lowest BCUT2D eigenvalue weighted by atomic mass is 10.2. The highest BCUT2D eigenvalue weighted by Gasteiger charge is 2.13. The lowest BCUT2D eigenvalue weighted by Crippen LogP contribution is -2.25. The smallest absolute Gasteiger partial charge is 0.261 e. The van der Waals surface area contributed by atoms with Gasteiger partial charge < -0.3 is 10.4 Å². The molecule has 1 amide bonds. The largest absolute Gasteiger partial charge is 0.395 e. The Balaban J connectivity index is 1.98. The molecule has 2 rings (SSSR count). The summed E-state index contributed by atoms with van der Waals surface area (Å²) in [5, 5.41) is 13.6. The molecule has 0 aliphatic rings. The first-order chi connectivity index (χ1) is 9.70. The summed E-state index contributed by atoms with van der Waals surface area (Å²) < 4.78 is 0. The zero-order valence-corrected chi connectivity index (χ0v) is 12.7. The first kappa shape index (κ1) is 14.8. The number of hydrogen-bond donors (Lipinski definition) is 2. The zero-order valence-electron chi connectivity index (χ0n) is 11.1. The van der Waals surface area contributed by atoms with Gasteiger partial charge in [-0.1, -0.05) is 17.9 Å². The van der Waals surface area contributed by atoms with E-state index in [1.807, 2.05) is 30.5 Å². The van der Waals surface area contributed by atoms with Crippen LogP contribution in [0.4, 0.5) is 0 Å². The van der Waals surface area contributed by atoms with E-state index in [-0.39, 0.29) is 18.6 Å². The normalized spacial score (nSPS) is 11.5. The Hall–Kier alpha value is -1.61. The predicted molar refractivity (Wildman–Crippen MR) is 83.1 cm³/mol. The van der Waals surface area contributed by atoms with E-state index in [4.69, 9.17) is 5.11 Å². The van der Waals surface area contributed by atoms with Crippen molar-refractivity contribution in [1.82, 2.24) is 5.32 Å². The van der Waals surface area contributed by atoms with Gasteiger partial charge in [0.1, 0.15) is 0 Å². The van der Waals surface area contributed by atoms with Crippen LogP contribution in [0.3, 0.4) is 0 Å². The van der Waals surface area contributed by atoms with E-state index in [2.05, 4.69) is 17.2 Å². The van der Waals surface area contributed by atoms with E-state index < -0.39 is 0 Å². The zero-order chi connectivity index (χ0) is 14.4. The molecule has 2 heterocycles. The third kappa shape index (κ3) is 3.94. The first-order valence-corrected chi connectivity index (χ1v) is 7.94. The Labute approximate surface area is 126 Å². The maximum Gasteiger partial charge on any atom is 0.261 e. The minimum Gasteiger partial charge on any atom is -0.395 e. The van der Waals surface area contributed by atoms with Crippen molar-refractivity contribution in [2.24, 2.45) is 0 Å². The van der Waals surface area contributed by atoms with Crippen molar-refractivity contribution < 1.29 is 9.90 Å². The quantitative estimate of drug-likeness (QED) is 0.853. The summed E-state index contributed by atoms with van der Waals surface area (Å²) >= 11 is 3.00. The minimum atomic E-state index is -0.0777. The van der Waals surface area contributed by atoms with E-state index in [0.29, 0.717) is 11.3 Å². The van der Waals surface area contributed by atoms with E-state index >= 15 is 0 Å². The molecule has 2 N–H and O–H groups in total. The van der Waals surface area contributed by atoms with Crippen LogP contribution in [0.5, 0.6) is 0 Å². The Morgan fingerprint density at radius 3 is 3.00 bits per heavy atom. The molecule has 3 nitrogen and oxygen atoms in total. The van der Waals surface area contributed by atoms with E-state index in [1.165, 1.54) is 11.3 Å². The summed E-state index contributed by atoms with van der Waals surface area (Å²) in [5.74, 6) is 5.70. The number of rotatable bonds is 4. The molecule has 0 saturated heterocycles. The van der Waals surface area contributed by atoms with Gasteiger partial charge in [0.2, 0.25) is 0 Å². The highest BCUT2D eigenvalue weighted by molar-refractivity contribution is 7.14. The van der Waals surface area contributed by atoms with E-state index in [9.17, 15) is 4.79 Å². The second-order valence-corrected chi connectivity index (χ2v) is 6.21. The number of carbonyl (C=O) groups excluding carboxylic acids is 1. The molecule has 0 radical (unpaired) electrons. The molecule has 1 unspecified atom stereocenters. The van der Waals surface area contributed by atoms with Crippen molar-refractivity contribution >= 4 is 28.6 Å². The SMILES string of the molecule is CC(NC(=O)c1ccc(C#CCCO)s1)c1cccs1. The highest BCUT2D eigenvalue weighted by atomic mass is 32.1. The average molecular weight is 305 g/mol. The molecule has 2 aromatic heterocycles. The van der Waals surface area contributed by atoms with Crippen molar-refractivity contribution in [2.75, 3.05) is 6.61 Å². The lowest BCUT2D eigenvalue weighted by Gasteiger charge is -2.10. The molecule has 0 fully saturated rings. The van der Waals surface area contributed by atoms with Crippen LogP contribution >= 0.6 is 22.7 Å². The average Bonchev–Trinajstić information content (AvgIpc) is 3.10. The Bertz CT molecular complexity index is 620. The number of aliphatic hydroxyl groups is 1. The molecule has 0 saturated carbocycles. The van der Waals surface area contributed by atoms with Gasteiger partial charge in [-0.3, -0.25) is 4.79 Å². The van der Waals surface area contributed by atoms with Gasteiger partial charge in [0.25, 0.3) is 5.91 Å². The van der Waals surface area contributed by atoms with Crippen molar-refractivity contribution in [3.8, 4) is 11.8 Å². The van der Waals surface area contributed by atoms with Crippen molar-refractivity contribution in [1.29, 1.82) is 0 Å². The minimum absolute atomic E-state index is 0.00789. The van der Waals surface area contributed by atoms with Crippen LogP contribution in [0.25, 0.3) is 0 Å². The maximum atomic E-state index is 12.1. The van der Waals surface area contributed by atoms with Gasteiger partial charge in [-0.25, -0.2) is 0 Å². The van der Waals surface area contributed by atoms with Crippen LogP contribution in [-0.2, 0) is 0 Å². The summed E-state index contributed by atoms with van der Waals surface area (Å²) in [7, 11) is 0. The number of amides is 1. The third-order valence-corrected chi connectivity index (χ3v) is 4.65. The Morgan fingerprint density at radius 1 is 1.45 bits per heavy atom. The van der Waals surface area contributed by atoms with Gasteiger partial charge in [-0.2, -0.15) is 0 Å². The summed E-state index contributed by atoms with van der Waals surface area (Å²) in [6, 6.07) is 7.61. The molecule has 104 valence electrons. The molecule has 0 aliphatic carbocycles. The molecule has 0 aromatic carbocycles. The molecule has 20 heavy (non-hydrogen) atoms. The van der Waals surface area contributed by atoms with Crippen LogP contribution < -0.4 is 5.32 Å². The van der Waals surface area contributed by atoms with E-state index in [0.717, 1.165) is 9.75 Å². The van der Waals surface area contributed by atoms with Crippen molar-refractivity contribution in [2.45, 2.75) is 19.4 Å². The standard InChI is InChI=1S/C15H15NO2S2/c1-11(13-6-4-10-19-13)16-15(18)14-8-7-12(20-14)5-2-3-9-17/h4,6-8,10-11,17H,3,9H2,1H3,(H,16,18). The second-order valence-electron chi connectivity index (χ2n) is 4.15. The van der Waals surface area contributed by atoms with Gasteiger partial charge in [-0.05, 0) is 30.5 Å². The van der Waals surface area contributed by atoms with Crippen LogP contribution in [0.1, 0.15) is 38.8 Å². The molecule has 2 aromatic rings. The summed E-state index contributed by atoms with van der Waals surface area (Å²) in [5.41, 5.74) is 0. The summed E-state index contributed by atoms with van der Waals surface area (Å²) in [6.07, 6.45) is 0.453. The molecular weight excluding hydrogens is 290 g/mol. The van der Waals surface area contributed by atoms with Gasteiger partial charge in [0, 0.05) is 11.3 Å². The molecule has 5 heteroatoms. The third-order valence-electron chi connectivity index (χ3n) is 2.60. The fourth-order valence-electron chi connectivity index (χ4n) is 1.61. The topological polar surface area (TPSA) is 49.3 Å². The molecule has 0 bridgehead atoms. The Kier molecular flexibility index (Phi) is 5.36. The van der Waals surface area contributed by atoms with Gasteiger partial charge in [0.15, 0.2) is 0 Å². The number of nitrogens with one attached hydrogen (secondary N) is 1. The molecular formula is C15H15NO2S2. The number of thiophene rings is 2. The predicted octanol–water partition coefficient (Wildman–Crippen LogP) is 3.03. The lowest BCUT2D eigenvalue weighted by molar-refractivity contribution is 0.0944. The van der Waals surface area contributed by atoms with Crippen molar-refractivity contribution in [3.63, 3.8) is 0 Å². The first-order valence-electron chi connectivity index (χ1n) is 6.24. The van der Waals surface area contributed by atoms with Crippen LogP contribution in [0, 0.1) is 11.8 Å². The summed E-state index contributed by atoms with van der Waals surface area (Å²) in [4.78, 5) is 14.7. The van der Waals surface area contributed by atoms with Crippen LogP contribution in [-0.4, -0.2) is 17.6 Å². The number of aliphatic hydroxyl groups excluding tert-OH is 1. The van der Waals surface area contributed by atoms with Crippen LogP contribution in [0.2, 0.25) is 0 Å². The number of carbonyl (C=O) groups is 1. The maximum absolute atomic E-state index is 12.1. The van der Waals surface area contributed by atoms with Gasteiger partial charge >= 0.3 is 0 Å². The van der Waals surface area contributed by atoms with E-state index in [1.54, 1.807) is 17.4 Å².